The van der Waals surface area contributed by atoms with E-state index in [1.165, 1.54) is 0 Å². The predicted octanol–water partition coefficient (Wildman–Crippen LogP) is 3.35. The minimum absolute atomic E-state index is 0.108. The van der Waals surface area contributed by atoms with Gasteiger partial charge in [-0.25, -0.2) is 4.79 Å². The van der Waals surface area contributed by atoms with Crippen molar-refractivity contribution in [3.8, 4) is 0 Å². The third-order valence-corrected chi connectivity index (χ3v) is 4.01. The second-order valence-electron chi connectivity index (χ2n) is 4.97. The lowest BCUT2D eigenvalue weighted by atomic mass is 10.1. The molecule has 0 saturated heterocycles. The zero-order valence-electron chi connectivity index (χ0n) is 12.6. The highest BCUT2D eigenvalue weighted by atomic mass is 32.2. The maximum absolute atomic E-state index is 12.1. The van der Waals surface area contributed by atoms with Crippen LogP contribution in [0.2, 0.25) is 0 Å². The minimum Gasteiger partial charge on any atom is -0.389 e. The normalized spacial score (nSPS) is 13.7. The van der Waals surface area contributed by atoms with Crippen molar-refractivity contribution in [1.82, 2.24) is 4.90 Å². The summed E-state index contributed by atoms with van der Waals surface area (Å²) in [5.41, 5.74) is 1.58. The fourth-order valence-corrected chi connectivity index (χ4v) is 2.32. The van der Waals surface area contributed by atoms with Crippen LogP contribution in [0.1, 0.15) is 31.9 Å². The number of nitrogens with one attached hydrogen (secondary N) is 1. The molecule has 5 heteroatoms. The van der Waals surface area contributed by atoms with Crippen LogP contribution in [-0.4, -0.2) is 41.1 Å². The number of aliphatic hydroxyl groups is 1. The molecule has 0 aliphatic carbocycles. The minimum atomic E-state index is -0.492. The van der Waals surface area contributed by atoms with E-state index in [0.29, 0.717) is 0 Å². The average molecular weight is 296 g/mol. The Balaban J connectivity index is 2.56. The van der Waals surface area contributed by atoms with Crippen LogP contribution in [-0.2, 0) is 0 Å². The molecule has 2 N–H and O–H groups in total. The number of hydrogen-bond donors (Lipinski definition) is 2. The number of anilines is 1. The van der Waals surface area contributed by atoms with Crippen molar-refractivity contribution in [2.75, 3.05) is 24.4 Å². The molecule has 0 aliphatic heterocycles. The molecule has 20 heavy (non-hydrogen) atoms. The van der Waals surface area contributed by atoms with Gasteiger partial charge in [0.1, 0.15) is 0 Å². The summed E-state index contributed by atoms with van der Waals surface area (Å²) in [6, 6.07) is 7.35. The molecule has 112 valence electrons. The van der Waals surface area contributed by atoms with E-state index in [-0.39, 0.29) is 12.1 Å². The Labute approximate surface area is 125 Å². The van der Waals surface area contributed by atoms with Crippen LogP contribution >= 0.6 is 11.8 Å². The fraction of sp³-hybridized carbons (Fsp3) is 0.533. The number of nitrogens with zero attached hydrogens (tertiary/aromatic N) is 1. The summed E-state index contributed by atoms with van der Waals surface area (Å²) >= 11 is 1.79. The third kappa shape index (κ3) is 5.06. The van der Waals surface area contributed by atoms with Crippen LogP contribution in [0.15, 0.2) is 24.3 Å². The molecule has 0 spiro atoms. The van der Waals surface area contributed by atoms with Gasteiger partial charge in [0.2, 0.25) is 0 Å². The monoisotopic (exact) mass is 296 g/mol. The van der Waals surface area contributed by atoms with Crippen LogP contribution in [0.4, 0.5) is 10.5 Å². The van der Waals surface area contributed by atoms with E-state index in [2.05, 4.69) is 11.6 Å². The van der Waals surface area contributed by atoms with E-state index in [9.17, 15) is 9.90 Å². The number of amides is 2. The first-order chi connectivity index (χ1) is 9.45. The van der Waals surface area contributed by atoms with E-state index < -0.39 is 6.10 Å². The smallest absolute Gasteiger partial charge is 0.321 e. The first-order valence-corrected chi connectivity index (χ1v) is 8.16. The molecular weight excluding hydrogens is 272 g/mol. The second kappa shape index (κ2) is 8.17. The zero-order chi connectivity index (χ0) is 15.1. The number of thioether (sulfide) groups is 1. The van der Waals surface area contributed by atoms with Gasteiger partial charge >= 0.3 is 6.03 Å². The van der Waals surface area contributed by atoms with Gasteiger partial charge in [0.25, 0.3) is 0 Å². The van der Waals surface area contributed by atoms with Gasteiger partial charge in [-0.2, -0.15) is 11.8 Å². The van der Waals surface area contributed by atoms with Crippen molar-refractivity contribution in [2.24, 2.45) is 0 Å². The number of benzene rings is 1. The Hall–Kier alpha value is -1.20. The van der Waals surface area contributed by atoms with E-state index in [1.54, 1.807) is 35.7 Å². The van der Waals surface area contributed by atoms with Gasteiger partial charge in [-0.05, 0) is 50.0 Å². The average Bonchev–Trinajstić information content (AvgIpc) is 2.44. The van der Waals surface area contributed by atoms with E-state index in [4.69, 9.17) is 0 Å². The lowest BCUT2D eigenvalue weighted by Gasteiger charge is -2.25. The Morgan fingerprint density at radius 3 is 2.45 bits per heavy atom. The van der Waals surface area contributed by atoms with Crippen LogP contribution < -0.4 is 5.32 Å². The van der Waals surface area contributed by atoms with Gasteiger partial charge in [0.05, 0.1) is 6.10 Å². The summed E-state index contributed by atoms with van der Waals surface area (Å²) in [7, 11) is 1.81. The Kier molecular flexibility index (Phi) is 6.88. The van der Waals surface area contributed by atoms with E-state index >= 15 is 0 Å². The van der Waals surface area contributed by atoms with Crippen LogP contribution in [0.3, 0.4) is 0 Å². The number of urea groups is 1. The largest absolute Gasteiger partial charge is 0.389 e. The highest BCUT2D eigenvalue weighted by molar-refractivity contribution is 7.98. The van der Waals surface area contributed by atoms with Crippen LogP contribution in [0, 0.1) is 0 Å². The maximum atomic E-state index is 12.1. The molecule has 0 fully saturated rings. The molecule has 1 aromatic rings. The van der Waals surface area contributed by atoms with Crippen molar-refractivity contribution in [3.05, 3.63) is 29.8 Å². The van der Waals surface area contributed by atoms with Gasteiger partial charge in [0, 0.05) is 18.8 Å². The number of rotatable bonds is 6. The van der Waals surface area contributed by atoms with Gasteiger partial charge in [-0.1, -0.05) is 12.1 Å². The summed E-state index contributed by atoms with van der Waals surface area (Å²) in [6.45, 7) is 3.77. The van der Waals surface area contributed by atoms with E-state index in [0.717, 1.165) is 23.4 Å². The molecule has 0 aromatic heterocycles. The second-order valence-corrected chi connectivity index (χ2v) is 5.96. The first kappa shape index (κ1) is 16.9. The molecule has 0 radical (unpaired) electrons. The lowest BCUT2D eigenvalue weighted by Crippen LogP contribution is -2.38. The van der Waals surface area contributed by atoms with Gasteiger partial charge in [0.15, 0.2) is 0 Å². The maximum Gasteiger partial charge on any atom is 0.321 e. The molecule has 4 nitrogen and oxygen atoms in total. The van der Waals surface area contributed by atoms with Crippen molar-refractivity contribution < 1.29 is 9.90 Å². The molecule has 1 aromatic carbocycles. The Bertz CT molecular complexity index is 420. The molecule has 2 unspecified atom stereocenters. The number of hydrogen-bond acceptors (Lipinski definition) is 3. The molecular formula is C15H24N2O2S. The number of aliphatic hydroxyl groups excluding tert-OH is 1. The molecule has 2 atom stereocenters. The number of carbonyl (C=O) groups excluding carboxylic acids is 1. The standard InChI is InChI=1S/C15H24N2O2S/c1-11(9-10-20-4)17(3)15(19)16-14-7-5-13(6-8-14)12(2)18/h5-8,11-12,18H,9-10H2,1-4H3,(H,16,19). The highest BCUT2D eigenvalue weighted by Crippen LogP contribution is 2.16. The van der Waals surface area contributed by atoms with E-state index in [1.807, 2.05) is 26.1 Å². The summed E-state index contributed by atoms with van der Waals surface area (Å²) in [5.74, 6) is 1.04. The third-order valence-electron chi connectivity index (χ3n) is 3.37. The van der Waals surface area contributed by atoms with Gasteiger partial charge < -0.3 is 15.3 Å². The van der Waals surface area contributed by atoms with Crippen LogP contribution in [0.5, 0.6) is 0 Å². The molecule has 0 saturated carbocycles. The van der Waals surface area contributed by atoms with Crippen molar-refractivity contribution >= 4 is 23.5 Å². The predicted molar refractivity (Wildman–Crippen MR) is 86.3 cm³/mol. The highest BCUT2D eigenvalue weighted by Gasteiger charge is 2.15. The summed E-state index contributed by atoms with van der Waals surface area (Å²) in [6.07, 6.45) is 2.55. The van der Waals surface area contributed by atoms with Crippen molar-refractivity contribution in [2.45, 2.75) is 32.4 Å². The topological polar surface area (TPSA) is 52.6 Å². The van der Waals surface area contributed by atoms with Crippen LogP contribution in [0.25, 0.3) is 0 Å². The fourth-order valence-electron chi connectivity index (χ4n) is 1.74. The summed E-state index contributed by atoms with van der Waals surface area (Å²) in [5, 5.41) is 12.3. The molecule has 2 amide bonds. The quantitative estimate of drug-likeness (QED) is 0.846. The first-order valence-electron chi connectivity index (χ1n) is 6.76. The molecule has 1 rings (SSSR count). The van der Waals surface area contributed by atoms with Gasteiger partial charge in [-0.3, -0.25) is 0 Å². The Morgan fingerprint density at radius 2 is 1.95 bits per heavy atom. The SMILES string of the molecule is CSCCC(C)N(C)C(=O)Nc1ccc(C(C)O)cc1. The summed E-state index contributed by atoms with van der Waals surface area (Å²) < 4.78 is 0. The van der Waals surface area contributed by atoms with Crippen molar-refractivity contribution in [3.63, 3.8) is 0 Å². The molecule has 0 heterocycles. The Morgan fingerprint density at radius 1 is 1.35 bits per heavy atom. The lowest BCUT2D eigenvalue weighted by molar-refractivity contribution is 0.199. The molecule has 0 aliphatic rings. The summed E-state index contributed by atoms with van der Waals surface area (Å²) in [4.78, 5) is 13.8. The van der Waals surface area contributed by atoms with Gasteiger partial charge in [-0.15, -0.1) is 0 Å². The number of carbonyl (C=O) groups is 1. The molecule has 0 bridgehead atoms. The zero-order valence-corrected chi connectivity index (χ0v) is 13.4. The van der Waals surface area contributed by atoms with Crippen molar-refractivity contribution in [1.29, 1.82) is 0 Å².